The van der Waals surface area contributed by atoms with Gasteiger partial charge in [-0.2, -0.15) is 0 Å². The first-order chi connectivity index (χ1) is 7.41. The molecule has 0 aliphatic heterocycles. The van der Waals surface area contributed by atoms with Gasteiger partial charge in [0.05, 0.1) is 17.9 Å². The molecule has 0 aromatic heterocycles. The molecule has 3 N–H and O–H groups in total. The molecule has 1 rings (SSSR count). The van der Waals surface area contributed by atoms with E-state index in [0.717, 1.165) is 0 Å². The van der Waals surface area contributed by atoms with Gasteiger partial charge in [-0.1, -0.05) is 18.2 Å². The molecule has 88 valence electrons. The minimum Gasteiger partial charge on any atom is -0.481 e. The maximum absolute atomic E-state index is 11.5. The van der Waals surface area contributed by atoms with Gasteiger partial charge in [-0.3, -0.25) is 4.79 Å². The van der Waals surface area contributed by atoms with Crippen LogP contribution >= 0.6 is 0 Å². The number of benzene rings is 1. The number of rotatable bonds is 5. The molecule has 0 saturated heterocycles. The van der Waals surface area contributed by atoms with Crippen LogP contribution in [0.4, 0.5) is 5.69 Å². The number of aliphatic carboxylic acids is 1. The molecular weight excluding hydrogens is 230 g/mol. The summed E-state index contributed by atoms with van der Waals surface area (Å²) in [6.07, 6.45) is -0.380. The Morgan fingerprint density at radius 3 is 2.50 bits per heavy atom. The summed E-state index contributed by atoms with van der Waals surface area (Å²) < 4.78 is 23.1. The summed E-state index contributed by atoms with van der Waals surface area (Å²) >= 11 is 0. The Bertz CT molecular complexity index is 481. The number of sulfone groups is 1. The van der Waals surface area contributed by atoms with Crippen LogP contribution in [-0.2, 0) is 20.4 Å². The molecule has 0 saturated carbocycles. The standard InChI is InChI=1S/C10H13NO4S/c11-9-4-2-1-3-8(9)7-16(14,15)6-5-10(12)13/h1-4H,5-7,11H2,(H,12,13). The average Bonchev–Trinajstić information content (AvgIpc) is 2.19. The monoisotopic (exact) mass is 243 g/mol. The van der Waals surface area contributed by atoms with E-state index in [1.54, 1.807) is 24.3 Å². The molecule has 0 fully saturated rings. The van der Waals surface area contributed by atoms with Crippen molar-refractivity contribution in [2.75, 3.05) is 11.5 Å². The van der Waals surface area contributed by atoms with Crippen molar-refractivity contribution in [1.82, 2.24) is 0 Å². The summed E-state index contributed by atoms with van der Waals surface area (Å²) in [5.41, 5.74) is 6.51. The highest BCUT2D eigenvalue weighted by molar-refractivity contribution is 7.90. The maximum atomic E-state index is 11.5. The lowest BCUT2D eigenvalue weighted by molar-refractivity contribution is -0.136. The third kappa shape index (κ3) is 3.90. The minimum atomic E-state index is -3.41. The third-order valence-corrected chi connectivity index (χ3v) is 3.63. The molecule has 0 amide bonds. The number of carboxylic acids is 1. The van der Waals surface area contributed by atoms with Crippen molar-refractivity contribution in [3.8, 4) is 0 Å². The minimum absolute atomic E-state index is 0.215. The molecular formula is C10H13NO4S. The number of hydrogen-bond donors (Lipinski definition) is 2. The molecule has 0 heterocycles. The van der Waals surface area contributed by atoms with Gasteiger partial charge >= 0.3 is 5.97 Å². The first-order valence-corrected chi connectivity index (χ1v) is 6.48. The van der Waals surface area contributed by atoms with Crippen molar-refractivity contribution in [1.29, 1.82) is 0 Å². The summed E-state index contributed by atoms with van der Waals surface area (Å²) in [5, 5.41) is 8.41. The van der Waals surface area contributed by atoms with Crippen molar-refractivity contribution < 1.29 is 18.3 Å². The molecule has 0 spiro atoms. The Morgan fingerprint density at radius 1 is 1.31 bits per heavy atom. The quantitative estimate of drug-likeness (QED) is 0.740. The van der Waals surface area contributed by atoms with Gasteiger partial charge in [0.2, 0.25) is 0 Å². The van der Waals surface area contributed by atoms with Crippen LogP contribution in [0.25, 0.3) is 0 Å². The van der Waals surface area contributed by atoms with Crippen LogP contribution in [0, 0.1) is 0 Å². The van der Waals surface area contributed by atoms with E-state index in [1.165, 1.54) is 0 Å². The van der Waals surface area contributed by atoms with Crippen molar-refractivity contribution >= 4 is 21.5 Å². The topological polar surface area (TPSA) is 97.5 Å². The molecule has 0 aliphatic rings. The Morgan fingerprint density at radius 2 is 1.94 bits per heavy atom. The Hall–Kier alpha value is -1.56. The number of carbonyl (C=O) groups is 1. The van der Waals surface area contributed by atoms with Crippen LogP contribution in [0.15, 0.2) is 24.3 Å². The molecule has 0 unspecified atom stereocenters. The summed E-state index contributed by atoms with van der Waals surface area (Å²) in [6.45, 7) is 0. The molecule has 6 heteroatoms. The number of nitrogen functional groups attached to an aromatic ring is 1. The molecule has 0 atom stereocenters. The summed E-state index contributed by atoms with van der Waals surface area (Å²) in [6, 6.07) is 6.64. The van der Waals surface area contributed by atoms with Crippen LogP contribution in [0.5, 0.6) is 0 Å². The zero-order valence-corrected chi connectivity index (χ0v) is 9.40. The summed E-state index contributed by atoms with van der Waals surface area (Å²) in [7, 11) is -3.41. The van der Waals surface area contributed by atoms with E-state index in [9.17, 15) is 13.2 Å². The Balaban J connectivity index is 2.73. The summed E-state index contributed by atoms with van der Waals surface area (Å²) in [4.78, 5) is 10.3. The van der Waals surface area contributed by atoms with Gasteiger partial charge in [-0.15, -0.1) is 0 Å². The van der Waals surface area contributed by atoms with E-state index in [2.05, 4.69) is 0 Å². The number of hydrogen-bond acceptors (Lipinski definition) is 4. The fourth-order valence-electron chi connectivity index (χ4n) is 1.22. The molecule has 5 nitrogen and oxygen atoms in total. The summed E-state index contributed by atoms with van der Waals surface area (Å²) in [5.74, 6) is -1.70. The van der Waals surface area contributed by atoms with Gasteiger partial charge in [0.1, 0.15) is 0 Å². The van der Waals surface area contributed by atoms with E-state index in [4.69, 9.17) is 10.8 Å². The second-order valence-electron chi connectivity index (χ2n) is 3.43. The molecule has 0 radical (unpaired) electrons. The molecule has 0 bridgehead atoms. The smallest absolute Gasteiger partial charge is 0.304 e. The van der Waals surface area contributed by atoms with Crippen LogP contribution in [0.3, 0.4) is 0 Å². The lowest BCUT2D eigenvalue weighted by atomic mass is 10.2. The lowest BCUT2D eigenvalue weighted by Crippen LogP contribution is -2.13. The Labute approximate surface area is 93.8 Å². The average molecular weight is 243 g/mol. The first kappa shape index (κ1) is 12.5. The largest absolute Gasteiger partial charge is 0.481 e. The predicted octanol–water partition coefficient (Wildman–Crippen LogP) is 0.658. The molecule has 16 heavy (non-hydrogen) atoms. The predicted molar refractivity (Wildman–Crippen MR) is 60.6 cm³/mol. The normalized spacial score (nSPS) is 11.2. The van der Waals surface area contributed by atoms with Crippen LogP contribution in [0.2, 0.25) is 0 Å². The Kier molecular flexibility index (Phi) is 3.89. The highest BCUT2D eigenvalue weighted by Crippen LogP contribution is 2.14. The number of para-hydroxylation sites is 1. The van der Waals surface area contributed by atoms with Gasteiger partial charge < -0.3 is 10.8 Å². The van der Waals surface area contributed by atoms with Crippen molar-refractivity contribution in [3.05, 3.63) is 29.8 Å². The third-order valence-electron chi connectivity index (χ3n) is 2.06. The van der Waals surface area contributed by atoms with Crippen molar-refractivity contribution in [2.24, 2.45) is 0 Å². The van der Waals surface area contributed by atoms with Crippen LogP contribution < -0.4 is 5.73 Å². The van der Waals surface area contributed by atoms with E-state index in [0.29, 0.717) is 11.3 Å². The highest BCUT2D eigenvalue weighted by atomic mass is 32.2. The van der Waals surface area contributed by atoms with Crippen molar-refractivity contribution in [3.63, 3.8) is 0 Å². The van der Waals surface area contributed by atoms with Gasteiger partial charge in [0.25, 0.3) is 0 Å². The highest BCUT2D eigenvalue weighted by Gasteiger charge is 2.15. The van der Waals surface area contributed by atoms with Crippen LogP contribution in [-0.4, -0.2) is 25.2 Å². The van der Waals surface area contributed by atoms with Gasteiger partial charge in [-0.05, 0) is 11.6 Å². The van der Waals surface area contributed by atoms with Crippen LogP contribution in [0.1, 0.15) is 12.0 Å². The van der Waals surface area contributed by atoms with E-state index in [-0.39, 0.29) is 17.9 Å². The fraction of sp³-hybridized carbons (Fsp3) is 0.300. The van der Waals surface area contributed by atoms with Crippen molar-refractivity contribution in [2.45, 2.75) is 12.2 Å². The second kappa shape index (κ2) is 4.98. The zero-order valence-electron chi connectivity index (χ0n) is 8.59. The molecule has 1 aromatic carbocycles. The van der Waals surface area contributed by atoms with Gasteiger partial charge in [-0.25, -0.2) is 8.42 Å². The zero-order chi connectivity index (χ0) is 12.2. The van der Waals surface area contributed by atoms with Gasteiger partial charge in [0.15, 0.2) is 9.84 Å². The molecule has 0 aliphatic carbocycles. The molecule has 1 aromatic rings. The maximum Gasteiger partial charge on any atom is 0.304 e. The van der Waals surface area contributed by atoms with E-state index >= 15 is 0 Å². The fourth-order valence-corrected chi connectivity index (χ4v) is 2.58. The SMILES string of the molecule is Nc1ccccc1CS(=O)(=O)CCC(=O)O. The number of anilines is 1. The second-order valence-corrected chi connectivity index (χ2v) is 5.62. The van der Waals surface area contributed by atoms with E-state index in [1.807, 2.05) is 0 Å². The number of carboxylic acid groups (broad SMARTS) is 1. The lowest BCUT2D eigenvalue weighted by Gasteiger charge is -2.05. The van der Waals surface area contributed by atoms with Gasteiger partial charge in [0, 0.05) is 5.69 Å². The van der Waals surface area contributed by atoms with E-state index < -0.39 is 15.8 Å². The first-order valence-electron chi connectivity index (χ1n) is 4.66. The number of nitrogens with two attached hydrogens (primary N) is 1.